The summed E-state index contributed by atoms with van der Waals surface area (Å²) in [4.78, 5) is 0. The molecule has 5 aliphatic rings. The smallest absolute Gasteiger partial charge is 0.0599 e. The summed E-state index contributed by atoms with van der Waals surface area (Å²) in [6.07, 6.45) is 13.4. The molecular formula is C30H52OZn. The predicted molar refractivity (Wildman–Crippen MR) is 131 cm³/mol. The summed E-state index contributed by atoms with van der Waals surface area (Å²) in [5.74, 6) is 4.93. The molecule has 0 amide bonds. The molecule has 1 nitrogen and oxygen atoms in total. The summed E-state index contributed by atoms with van der Waals surface area (Å²) >= 11 is 0. The van der Waals surface area contributed by atoms with Crippen molar-refractivity contribution in [1.82, 2.24) is 0 Å². The molecule has 5 rings (SSSR count). The van der Waals surface area contributed by atoms with Crippen LogP contribution >= 0.6 is 0 Å². The Bertz CT molecular complexity index is 732. The van der Waals surface area contributed by atoms with E-state index in [1.165, 1.54) is 57.8 Å². The molecule has 0 aromatic carbocycles. The molecule has 11 atom stereocenters. The van der Waals surface area contributed by atoms with Gasteiger partial charge in [-0.15, -0.1) is 0 Å². The molecule has 0 saturated heterocycles. The van der Waals surface area contributed by atoms with Gasteiger partial charge >= 0.3 is 0 Å². The molecule has 32 heavy (non-hydrogen) atoms. The summed E-state index contributed by atoms with van der Waals surface area (Å²) < 4.78 is 0. The molecule has 180 valence electrons. The Hall–Kier alpha value is 0.583. The van der Waals surface area contributed by atoms with Gasteiger partial charge in [0.25, 0.3) is 0 Å². The van der Waals surface area contributed by atoms with Crippen molar-refractivity contribution in [2.75, 3.05) is 0 Å². The molecule has 1 unspecified atom stereocenters. The first-order valence-corrected chi connectivity index (χ1v) is 14.0. The first kappa shape index (κ1) is 25.7. The van der Waals surface area contributed by atoms with Crippen LogP contribution in [0.2, 0.25) is 0 Å². The van der Waals surface area contributed by atoms with Crippen LogP contribution < -0.4 is 0 Å². The largest absolute Gasteiger partial charge is 0.393 e. The number of hydrogen-bond acceptors (Lipinski definition) is 1. The van der Waals surface area contributed by atoms with E-state index in [4.69, 9.17) is 0 Å². The van der Waals surface area contributed by atoms with E-state index in [0.29, 0.717) is 33.5 Å². The normalized spacial score (nSPS) is 59.0. The quantitative estimate of drug-likeness (QED) is 0.338. The van der Waals surface area contributed by atoms with Gasteiger partial charge in [-0.05, 0) is 121 Å². The van der Waals surface area contributed by atoms with E-state index in [9.17, 15) is 5.11 Å². The zero-order chi connectivity index (χ0) is 22.6. The van der Waals surface area contributed by atoms with Crippen LogP contribution in [0, 0.1) is 62.6 Å². The van der Waals surface area contributed by atoms with Crippen LogP contribution in [0.1, 0.15) is 120 Å². The summed E-state index contributed by atoms with van der Waals surface area (Å²) in [6.45, 7) is 20.8. The first-order valence-electron chi connectivity index (χ1n) is 14.0. The van der Waals surface area contributed by atoms with Crippen molar-refractivity contribution in [3.63, 3.8) is 0 Å². The van der Waals surface area contributed by atoms with Crippen molar-refractivity contribution < 1.29 is 24.6 Å². The summed E-state index contributed by atoms with van der Waals surface area (Å²) in [5, 5.41) is 11.5. The minimum Gasteiger partial charge on any atom is -0.393 e. The van der Waals surface area contributed by atoms with Crippen LogP contribution in [0.5, 0.6) is 0 Å². The molecule has 5 aliphatic carbocycles. The number of aliphatic hydroxyl groups is 1. The number of aliphatic hydroxyl groups excluding tert-OH is 1. The average Bonchev–Trinajstić information content (AvgIpc) is 2.69. The molecule has 0 spiro atoms. The summed E-state index contributed by atoms with van der Waals surface area (Å²) in [6, 6.07) is 0. The number of rotatable bonds is 0. The summed E-state index contributed by atoms with van der Waals surface area (Å²) in [5.41, 5.74) is 1.89. The van der Waals surface area contributed by atoms with E-state index in [0.717, 1.165) is 30.1 Å². The molecule has 0 heterocycles. The van der Waals surface area contributed by atoms with E-state index >= 15 is 0 Å². The fourth-order valence-electron chi connectivity index (χ4n) is 11.7. The van der Waals surface area contributed by atoms with Gasteiger partial charge in [-0.3, -0.25) is 0 Å². The standard InChI is InChI=1S/C30H52O.Zn/c1-19-11-15-27(5)17-18-28(6)21(25(27)20(19)2)9-10-23-29(28,7)16-12-22-26(3,4)14-13-24(31)30(22,23)8;/h19-25,31H,9-18H2,1-8H3;/t19-,20+,21-,22+,23+,24?,25+,27-,28-,29-,30+;/m1./s1. The van der Waals surface area contributed by atoms with Crippen molar-refractivity contribution in [3.8, 4) is 0 Å². The van der Waals surface area contributed by atoms with Gasteiger partial charge in [-0.1, -0.05) is 55.4 Å². The van der Waals surface area contributed by atoms with Crippen LogP contribution in [0.4, 0.5) is 0 Å². The molecule has 5 fully saturated rings. The molecule has 0 radical (unpaired) electrons. The third-order valence-corrected chi connectivity index (χ3v) is 13.9. The van der Waals surface area contributed by atoms with Crippen molar-refractivity contribution in [2.24, 2.45) is 62.6 Å². The van der Waals surface area contributed by atoms with E-state index in [-0.39, 0.29) is 31.0 Å². The molecule has 0 aliphatic heterocycles. The minimum atomic E-state index is -0.0993. The molecule has 0 bridgehead atoms. The zero-order valence-electron chi connectivity index (χ0n) is 22.8. The first-order chi connectivity index (χ1) is 14.3. The Kier molecular flexibility index (Phi) is 6.25. The molecular weight excluding hydrogens is 442 g/mol. The van der Waals surface area contributed by atoms with Crippen LogP contribution in [0.25, 0.3) is 0 Å². The maximum absolute atomic E-state index is 11.5. The third kappa shape index (κ3) is 3.06. The predicted octanol–water partition coefficient (Wildman–Crippen LogP) is 8.10. The van der Waals surface area contributed by atoms with Gasteiger partial charge in [0.2, 0.25) is 0 Å². The second-order valence-electron chi connectivity index (χ2n) is 15.1. The van der Waals surface area contributed by atoms with Gasteiger partial charge in [0.1, 0.15) is 0 Å². The third-order valence-electron chi connectivity index (χ3n) is 13.9. The fourth-order valence-corrected chi connectivity index (χ4v) is 11.7. The maximum atomic E-state index is 11.5. The van der Waals surface area contributed by atoms with E-state index in [1.54, 1.807) is 0 Å². The van der Waals surface area contributed by atoms with Crippen molar-refractivity contribution in [3.05, 3.63) is 0 Å². The molecule has 5 saturated carbocycles. The van der Waals surface area contributed by atoms with Gasteiger partial charge < -0.3 is 5.11 Å². The second kappa shape index (κ2) is 7.79. The average molecular weight is 494 g/mol. The van der Waals surface area contributed by atoms with Gasteiger partial charge in [0, 0.05) is 24.9 Å². The van der Waals surface area contributed by atoms with Gasteiger partial charge in [0.05, 0.1) is 6.10 Å². The monoisotopic (exact) mass is 492 g/mol. The number of hydrogen-bond donors (Lipinski definition) is 1. The molecule has 0 aromatic heterocycles. The maximum Gasteiger partial charge on any atom is 0.0599 e. The SMILES string of the molecule is C[C@@H]1[C@H]2[C@H]3CC[C@@H]4[C@@]5(C)C(O)CCC(C)(C)[C@@H]5CC[C@@]4(C)[C@]3(C)CC[C@@]2(C)CC[C@H]1C.[Zn]. The topological polar surface area (TPSA) is 20.2 Å². The Morgan fingerprint density at radius 2 is 1.34 bits per heavy atom. The number of fused-ring (bicyclic) bond motifs is 7. The molecule has 0 aromatic rings. The van der Waals surface area contributed by atoms with Crippen LogP contribution in [-0.2, 0) is 19.5 Å². The van der Waals surface area contributed by atoms with E-state index in [2.05, 4.69) is 55.4 Å². The second-order valence-corrected chi connectivity index (χ2v) is 15.1. The molecule has 2 heteroatoms. The van der Waals surface area contributed by atoms with Crippen molar-refractivity contribution in [1.29, 1.82) is 0 Å². The Morgan fingerprint density at radius 3 is 2.03 bits per heavy atom. The van der Waals surface area contributed by atoms with Gasteiger partial charge in [0.15, 0.2) is 0 Å². The summed E-state index contributed by atoms with van der Waals surface area (Å²) in [7, 11) is 0. The van der Waals surface area contributed by atoms with E-state index < -0.39 is 0 Å². The van der Waals surface area contributed by atoms with E-state index in [1.807, 2.05) is 0 Å². The fraction of sp³-hybridized carbons (Fsp3) is 1.00. The molecule has 1 N–H and O–H groups in total. The van der Waals surface area contributed by atoms with Gasteiger partial charge in [-0.25, -0.2) is 0 Å². The zero-order valence-corrected chi connectivity index (χ0v) is 25.7. The van der Waals surface area contributed by atoms with Crippen molar-refractivity contribution in [2.45, 2.75) is 126 Å². The Morgan fingerprint density at radius 1 is 0.656 bits per heavy atom. The van der Waals surface area contributed by atoms with Crippen LogP contribution in [0.3, 0.4) is 0 Å². The van der Waals surface area contributed by atoms with Crippen molar-refractivity contribution >= 4 is 0 Å². The van der Waals surface area contributed by atoms with Crippen LogP contribution in [0.15, 0.2) is 0 Å². The minimum absolute atomic E-state index is 0. The Balaban J connectivity index is 0.00000245. The van der Waals surface area contributed by atoms with Crippen LogP contribution in [-0.4, -0.2) is 11.2 Å². The Labute approximate surface area is 212 Å². The van der Waals surface area contributed by atoms with Gasteiger partial charge in [-0.2, -0.15) is 0 Å².